The minimum atomic E-state index is -0.443. The molecule has 0 fully saturated rings. The first-order chi connectivity index (χ1) is 14.1. The molecule has 1 aliphatic heterocycles. The molecule has 0 saturated heterocycles. The van der Waals surface area contributed by atoms with Gasteiger partial charge in [0.05, 0.1) is 31.4 Å². The number of nitriles is 1. The Balaban J connectivity index is 1.97. The molecule has 7 nitrogen and oxygen atoms in total. The summed E-state index contributed by atoms with van der Waals surface area (Å²) in [6.45, 7) is 0. The fourth-order valence-corrected chi connectivity index (χ4v) is 3.71. The van der Waals surface area contributed by atoms with Gasteiger partial charge < -0.3 is 19.9 Å². The summed E-state index contributed by atoms with van der Waals surface area (Å²) in [4.78, 5) is 0. The lowest BCUT2D eigenvalue weighted by Gasteiger charge is -2.24. The number of aromatic nitrogens is 2. The number of hydrogen-bond acceptors (Lipinski definition) is 6. The van der Waals surface area contributed by atoms with Gasteiger partial charge in [-0.25, -0.2) is 0 Å². The first-order valence-electron chi connectivity index (χ1n) is 8.71. The number of halogens is 1. The van der Waals surface area contributed by atoms with Crippen molar-refractivity contribution in [1.82, 2.24) is 10.2 Å². The van der Waals surface area contributed by atoms with Crippen molar-refractivity contribution in [3.05, 3.63) is 69.5 Å². The number of methoxy groups -OCH3 is 2. The highest BCUT2D eigenvalue weighted by Gasteiger charge is 2.36. The Kier molecular flexibility index (Phi) is 4.91. The van der Waals surface area contributed by atoms with Crippen molar-refractivity contribution in [2.45, 2.75) is 5.92 Å². The third-order valence-corrected chi connectivity index (χ3v) is 5.35. The van der Waals surface area contributed by atoms with E-state index in [4.69, 9.17) is 19.9 Å². The molecule has 2 heterocycles. The molecule has 29 heavy (non-hydrogen) atoms. The van der Waals surface area contributed by atoms with Crippen molar-refractivity contribution < 1.29 is 14.2 Å². The summed E-state index contributed by atoms with van der Waals surface area (Å²) in [5, 5.41) is 17.1. The number of nitrogens with two attached hydrogens (primary N) is 1. The van der Waals surface area contributed by atoms with Crippen LogP contribution < -0.4 is 19.9 Å². The number of nitrogens with zero attached hydrogens (tertiary/aromatic N) is 2. The highest BCUT2D eigenvalue weighted by molar-refractivity contribution is 9.10. The summed E-state index contributed by atoms with van der Waals surface area (Å²) < 4.78 is 17.5. The van der Waals surface area contributed by atoms with Gasteiger partial charge in [-0.3, -0.25) is 5.10 Å². The molecule has 0 aliphatic carbocycles. The van der Waals surface area contributed by atoms with Crippen LogP contribution in [-0.4, -0.2) is 24.4 Å². The molecule has 0 unspecified atom stereocenters. The number of aromatic amines is 1. The minimum Gasteiger partial charge on any atom is -0.497 e. The van der Waals surface area contributed by atoms with Gasteiger partial charge in [0.2, 0.25) is 11.8 Å². The van der Waals surface area contributed by atoms with Crippen molar-refractivity contribution in [2.75, 3.05) is 14.2 Å². The van der Waals surface area contributed by atoms with E-state index >= 15 is 0 Å². The Morgan fingerprint density at radius 2 is 1.93 bits per heavy atom. The zero-order valence-corrected chi connectivity index (χ0v) is 17.3. The predicted molar refractivity (Wildman–Crippen MR) is 111 cm³/mol. The summed E-state index contributed by atoms with van der Waals surface area (Å²) in [6.07, 6.45) is 0. The predicted octanol–water partition coefficient (Wildman–Crippen LogP) is 4.07. The van der Waals surface area contributed by atoms with Gasteiger partial charge >= 0.3 is 0 Å². The minimum absolute atomic E-state index is 0.0450. The lowest BCUT2D eigenvalue weighted by molar-refractivity contribution is 0.379. The topological polar surface area (TPSA) is 106 Å². The molecule has 1 aromatic heterocycles. The number of rotatable bonds is 4. The molecule has 0 bridgehead atoms. The fourth-order valence-electron chi connectivity index (χ4n) is 3.45. The van der Waals surface area contributed by atoms with Crippen LogP contribution in [0, 0.1) is 11.3 Å². The number of nitrogens with one attached hydrogen (secondary N) is 1. The third kappa shape index (κ3) is 3.19. The molecule has 146 valence electrons. The van der Waals surface area contributed by atoms with Gasteiger partial charge in [-0.05, 0) is 35.9 Å². The van der Waals surface area contributed by atoms with Gasteiger partial charge in [-0.1, -0.05) is 28.1 Å². The zero-order chi connectivity index (χ0) is 20.5. The summed E-state index contributed by atoms with van der Waals surface area (Å²) in [5.41, 5.74) is 9.38. The molecule has 3 aromatic rings. The van der Waals surface area contributed by atoms with Gasteiger partial charge in [0.15, 0.2) is 0 Å². The van der Waals surface area contributed by atoms with E-state index in [-0.39, 0.29) is 5.88 Å². The molecule has 2 aromatic carbocycles. The summed E-state index contributed by atoms with van der Waals surface area (Å²) >= 11 is 3.45. The molecule has 0 spiro atoms. The largest absolute Gasteiger partial charge is 0.497 e. The molecule has 1 aliphatic rings. The normalized spacial score (nSPS) is 15.3. The van der Waals surface area contributed by atoms with Crippen LogP contribution in [0.4, 0.5) is 0 Å². The van der Waals surface area contributed by atoms with Crippen LogP contribution in [0.25, 0.3) is 11.3 Å². The third-order valence-electron chi connectivity index (χ3n) is 4.82. The van der Waals surface area contributed by atoms with Crippen LogP contribution >= 0.6 is 15.9 Å². The zero-order valence-electron chi connectivity index (χ0n) is 15.7. The van der Waals surface area contributed by atoms with Gasteiger partial charge in [-0.15, -0.1) is 5.10 Å². The average molecular weight is 453 g/mol. The van der Waals surface area contributed by atoms with E-state index in [1.807, 2.05) is 42.5 Å². The van der Waals surface area contributed by atoms with Crippen molar-refractivity contribution in [3.8, 4) is 34.7 Å². The summed E-state index contributed by atoms with van der Waals surface area (Å²) in [6, 6.07) is 15.4. The maximum atomic E-state index is 9.80. The Morgan fingerprint density at radius 3 is 2.59 bits per heavy atom. The van der Waals surface area contributed by atoms with E-state index < -0.39 is 5.92 Å². The molecular weight excluding hydrogens is 436 g/mol. The molecular formula is C21H17BrN4O3. The second kappa shape index (κ2) is 7.53. The van der Waals surface area contributed by atoms with Crippen LogP contribution in [0.2, 0.25) is 0 Å². The van der Waals surface area contributed by atoms with E-state index in [2.05, 4.69) is 32.2 Å². The van der Waals surface area contributed by atoms with Gasteiger partial charge in [-0.2, -0.15) is 5.26 Å². The van der Waals surface area contributed by atoms with Gasteiger partial charge in [0.1, 0.15) is 23.1 Å². The fraction of sp³-hybridized carbons (Fsp3) is 0.143. The molecule has 4 rings (SSSR count). The Morgan fingerprint density at radius 1 is 1.17 bits per heavy atom. The molecule has 3 N–H and O–H groups in total. The maximum absolute atomic E-state index is 9.80. The molecule has 1 atom stereocenters. The summed E-state index contributed by atoms with van der Waals surface area (Å²) in [7, 11) is 3.19. The van der Waals surface area contributed by atoms with Crippen LogP contribution in [0.1, 0.15) is 17.0 Å². The molecule has 0 radical (unpaired) electrons. The van der Waals surface area contributed by atoms with Crippen LogP contribution in [0.15, 0.2) is 58.4 Å². The van der Waals surface area contributed by atoms with Crippen molar-refractivity contribution in [2.24, 2.45) is 5.73 Å². The van der Waals surface area contributed by atoms with Crippen molar-refractivity contribution in [1.29, 1.82) is 5.26 Å². The lowest BCUT2D eigenvalue weighted by atomic mass is 9.83. The SMILES string of the molecule is COc1ccc(OC)c(-c2[nH]nc3c2[C@H](c2ccc(Br)cc2)C(C#N)=C(N)O3)c1. The Bertz CT molecular complexity index is 1150. The smallest absolute Gasteiger partial charge is 0.244 e. The highest BCUT2D eigenvalue weighted by Crippen LogP contribution is 2.47. The van der Waals surface area contributed by atoms with E-state index in [1.54, 1.807) is 14.2 Å². The van der Waals surface area contributed by atoms with Crippen LogP contribution in [0.3, 0.4) is 0 Å². The second-order valence-electron chi connectivity index (χ2n) is 6.36. The number of fused-ring (bicyclic) bond motifs is 1. The standard InChI is InChI=1S/C21H17BrN4O3/c1-27-13-7-8-16(28-2)14(9-13)19-18-17(11-3-5-12(22)6-4-11)15(10-23)20(24)29-21(18)26-25-19/h3-9,17H,24H2,1-2H3,(H,25,26)/t17-/m1/s1. The Hall–Kier alpha value is -3.44. The maximum Gasteiger partial charge on any atom is 0.244 e. The van der Waals surface area contributed by atoms with Crippen LogP contribution in [-0.2, 0) is 0 Å². The number of H-pyrrole nitrogens is 1. The first-order valence-corrected chi connectivity index (χ1v) is 9.50. The van der Waals surface area contributed by atoms with Crippen molar-refractivity contribution in [3.63, 3.8) is 0 Å². The van der Waals surface area contributed by atoms with Crippen molar-refractivity contribution >= 4 is 15.9 Å². The first kappa shape index (κ1) is 18.9. The summed E-state index contributed by atoms with van der Waals surface area (Å²) in [5.74, 6) is 1.23. The average Bonchev–Trinajstić information content (AvgIpc) is 3.16. The quantitative estimate of drug-likeness (QED) is 0.617. The highest BCUT2D eigenvalue weighted by atomic mass is 79.9. The van der Waals surface area contributed by atoms with E-state index in [9.17, 15) is 5.26 Å². The van der Waals surface area contributed by atoms with E-state index in [1.165, 1.54) is 0 Å². The van der Waals surface area contributed by atoms with Gasteiger partial charge in [0.25, 0.3) is 0 Å². The van der Waals surface area contributed by atoms with Crippen LogP contribution in [0.5, 0.6) is 17.4 Å². The number of ether oxygens (including phenoxy) is 3. The Labute approximate surface area is 175 Å². The molecule has 0 saturated carbocycles. The van der Waals surface area contributed by atoms with Gasteiger partial charge in [0, 0.05) is 10.0 Å². The molecule has 8 heteroatoms. The number of allylic oxidation sites excluding steroid dienone is 1. The lowest BCUT2D eigenvalue weighted by Crippen LogP contribution is -2.21. The number of benzene rings is 2. The molecule has 0 amide bonds. The van der Waals surface area contributed by atoms with E-state index in [0.717, 1.165) is 15.6 Å². The van der Waals surface area contributed by atoms with E-state index in [0.29, 0.717) is 34.2 Å². The monoisotopic (exact) mass is 452 g/mol. The second-order valence-corrected chi connectivity index (χ2v) is 7.28. The number of hydrogen-bond donors (Lipinski definition) is 2.